The molecule has 0 fully saturated rings. The number of hydrogen-bond donors (Lipinski definition) is 1. The quantitative estimate of drug-likeness (QED) is 0.826. The molecule has 0 radical (unpaired) electrons. The molecule has 0 saturated heterocycles. The first kappa shape index (κ1) is 15.0. The minimum absolute atomic E-state index is 0.00111. The first-order valence-electron chi connectivity index (χ1n) is 6.24. The largest absolute Gasteiger partial charge is 0.416 e. The van der Waals surface area contributed by atoms with Crippen molar-refractivity contribution in [3.63, 3.8) is 0 Å². The third-order valence-corrected chi connectivity index (χ3v) is 3.06. The van der Waals surface area contributed by atoms with E-state index < -0.39 is 17.3 Å². The zero-order valence-corrected chi connectivity index (χ0v) is 10.7. The van der Waals surface area contributed by atoms with Gasteiger partial charge in [-0.2, -0.15) is 13.2 Å². The van der Waals surface area contributed by atoms with Crippen molar-refractivity contribution in [2.75, 3.05) is 0 Å². The maximum atomic E-state index is 12.9. The fraction of sp³-hybridized carbons (Fsp3) is 0.571. The van der Waals surface area contributed by atoms with Crippen LogP contribution in [0.2, 0.25) is 0 Å². The zero-order chi connectivity index (χ0) is 13.8. The van der Waals surface area contributed by atoms with Crippen molar-refractivity contribution < 1.29 is 18.3 Å². The molecule has 0 heterocycles. The van der Waals surface area contributed by atoms with Crippen molar-refractivity contribution >= 4 is 0 Å². The second-order valence-corrected chi connectivity index (χ2v) is 4.57. The monoisotopic (exact) mass is 260 g/mol. The van der Waals surface area contributed by atoms with Gasteiger partial charge in [0.25, 0.3) is 0 Å². The second-order valence-electron chi connectivity index (χ2n) is 4.57. The minimum Gasteiger partial charge on any atom is -0.385 e. The summed E-state index contributed by atoms with van der Waals surface area (Å²) in [6.45, 7) is 3.72. The molecule has 0 spiro atoms. The van der Waals surface area contributed by atoms with Gasteiger partial charge in [0.05, 0.1) is 11.2 Å². The summed E-state index contributed by atoms with van der Waals surface area (Å²) in [7, 11) is 0. The summed E-state index contributed by atoms with van der Waals surface area (Å²) < 4.78 is 38.8. The highest BCUT2D eigenvalue weighted by atomic mass is 19.4. The smallest absolute Gasteiger partial charge is 0.385 e. The molecule has 0 aliphatic rings. The lowest BCUT2D eigenvalue weighted by atomic mass is 9.82. The van der Waals surface area contributed by atoms with Crippen LogP contribution in [0.4, 0.5) is 13.2 Å². The maximum Gasteiger partial charge on any atom is 0.416 e. The molecule has 0 amide bonds. The topological polar surface area (TPSA) is 20.2 Å². The molecular weight excluding hydrogens is 241 g/mol. The molecule has 18 heavy (non-hydrogen) atoms. The van der Waals surface area contributed by atoms with E-state index in [0.717, 1.165) is 6.07 Å². The maximum absolute atomic E-state index is 12.9. The van der Waals surface area contributed by atoms with Crippen molar-refractivity contribution in [3.05, 3.63) is 35.4 Å². The van der Waals surface area contributed by atoms with Gasteiger partial charge in [-0.25, -0.2) is 0 Å². The van der Waals surface area contributed by atoms with E-state index in [1.165, 1.54) is 12.1 Å². The molecule has 0 saturated carbocycles. The SMILES string of the molecule is CCCC(O)(CCC)c1ccccc1C(F)(F)F. The summed E-state index contributed by atoms with van der Waals surface area (Å²) in [6.07, 6.45) is -2.46. The average molecular weight is 260 g/mol. The van der Waals surface area contributed by atoms with Gasteiger partial charge in [0, 0.05) is 0 Å². The Hall–Kier alpha value is -1.03. The third-order valence-electron chi connectivity index (χ3n) is 3.06. The Labute approximate surface area is 106 Å². The van der Waals surface area contributed by atoms with E-state index in [9.17, 15) is 18.3 Å². The Balaban J connectivity index is 3.28. The molecule has 0 aromatic heterocycles. The molecule has 1 N–H and O–H groups in total. The number of alkyl halides is 3. The van der Waals surface area contributed by atoms with Gasteiger partial charge in [0.1, 0.15) is 0 Å². The fourth-order valence-corrected chi connectivity index (χ4v) is 2.36. The van der Waals surface area contributed by atoms with Gasteiger partial charge in [-0.3, -0.25) is 0 Å². The fourth-order valence-electron chi connectivity index (χ4n) is 2.36. The molecule has 102 valence electrons. The van der Waals surface area contributed by atoms with Crippen molar-refractivity contribution in [2.24, 2.45) is 0 Å². The Morgan fingerprint density at radius 3 is 1.78 bits per heavy atom. The van der Waals surface area contributed by atoms with Gasteiger partial charge < -0.3 is 5.11 Å². The molecule has 1 nitrogen and oxygen atoms in total. The normalized spacial score (nSPS) is 12.8. The zero-order valence-electron chi connectivity index (χ0n) is 10.7. The van der Waals surface area contributed by atoms with Crippen LogP contribution in [0.1, 0.15) is 50.7 Å². The first-order valence-corrected chi connectivity index (χ1v) is 6.24. The van der Waals surface area contributed by atoms with Crippen LogP contribution in [0.15, 0.2) is 24.3 Å². The van der Waals surface area contributed by atoms with E-state index in [4.69, 9.17) is 0 Å². The number of hydrogen-bond acceptors (Lipinski definition) is 1. The van der Waals surface area contributed by atoms with Crippen LogP contribution in [-0.2, 0) is 11.8 Å². The standard InChI is InChI=1S/C14H19F3O/c1-3-9-13(18,10-4-2)11-7-5-6-8-12(11)14(15,16)17/h5-8,18H,3-4,9-10H2,1-2H3. The van der Waals surface area contributed by atoms with Gasteiger partial charge in [0.2, 0.25) is 0 Å². The van der Waals surface area contributed by atoms with E-state index >= 15 is 0 Å². The predicted molar refractivity (Wildman–Crippen MR) is 65.2 cm³/mol. The van der Waals surface area contributed by atoms with E-state index in [1.54, 1.807) is 6.07 Å². The number of benzene rings is 1. The molecule has 1 rings (SSSR count). The Morgan fingerprint density at radius 2 is 1.39 bits per heavy atom. The van der Waals surface area contributed by atoms with Gasteiger partial charge in [-0.15, -0.1) is 0 Å². The molecule has 1 aromatic rings. The van der Waals surface area contributed by atoms with Crippen LogP contribution in [0, 0.1) is 0 Å². The highest BCUT2D eigenvalue weighted by Gasteiger charge is 2.39. The molecule has 0 aliphatic heterocycles. The summed E-state index contributed by atoms with van der Waals surface area (Å²) in [6, 6.07) is 5.31. The number of rotatable bonds is 5. The Kier molecular flexibility index (Phi) is 4.79. The molecule has 1 aromatic carbocycles. The Morgan fingerprint density at radius 1 is 0.944 bits per heavy atom. The van der Waals surface area contributed by atoms with E-state index in [-0.39, 0.29) is 5.56 Å². The van der Waals surface area contributed by atoms with Crippen LogP contribution in [-0.4, -0.2) is 5.11 Å². The van der Waals surface area contributed by atoms with Crippen molar-refractivity contribution in [1.29, 1.82) is 0 Å². The molecule has 0 atom stereocenters. The summed E-state index contributed by atoms with van der Waals surface area (Å²) in [5.74, 6) is 0. The van der Waals surface area contributed by atoms with Crippen molar-refractivity contribution in [2.45, 2.75) is 51.3 Å². The predicted octanol–water partition coefficient (Wildman–Crippen LogP) is 4.49. The van der Waals surface area contributed by atoms with E-state index in [2.05, 4.69) is 0 Å². The number of halogens is 3. The lowest BCUT2D eigenvalue weighted by Gasteiger charge is -2.30. The van der Waals surface area contributed by atoms with Crippen LogP contribution in [0.25, 0.3) is 0 Å². The highest BCUT2D eigenvalue weighted by molar-refractivity contribution is 5.34. The third kappa shape index (κ3) is 3.25. The lowest BCUT2D eigenvalue weighted by Crippen LogP contribution is -2.28. The lowest BCUT2D eigenvalue weighted by molar-refractivity contribution is -0.141. The summed E-state index contributed by atoms with van der Waals surface area (Å²) >= 11 is 0. The molecular formula is C14H19F3O. The first-order chi connectivity index (χ1) is 8.35. The molecule has 4 heteroatoms. The van der Waals surface area contributed by atoms with Crippen LogP contribution >= 0.6 is 0 Å². The molecule has 0 bridgehead atoms. The van der Waals surface area contributed by atoms with Gasteiger partial charge in [0.15, 0.2) is 0 Å². The number of aliphatic hydroxyl groups is 1. The summed E-state index contributed by atoms with van der Waals surface area (Å²) in [5.41, 5.74) is -2.11. The minimum atomic E-state index is -4.42. The van der Waals surface area contributed by atoms with Crippen LogP contribution in [0.5, 0.6) is 0 Å². The second kappa shape index (κ2) is 5.74. The van der Waals surface area contributed by atoms with Gasteiger partial charge >= 0.3 is 6.18 Å². The van der Waals surface area contributed by atoms with Gasteiger partial charge in [-0.05, 0) is 24.5 Å². The van der Waals surface area contributed by atoms with Crippen molar-refractivity contribution in [3.8, 4) is 0 Å². The highest BCUT2D eigenvalue weighted by Crippen LogP contribution is 2.40. The summed E-state index contributed by atoms with van der Waals surface area (Å²) in [5, 5.41) is 10.5. The van der Waals surface area contributed by atoms with Crippen molar-refractivity contribution in [1.82, 2.24) is 0 Å². The summed E-state index contributed by atoms with van der Waals surface area (Å²) in [4.78, 5) is 0. The van der Waals surface area contributed by atoms with Gasteiger partial charge in [-0.1, -0.05) is 44.9 Å². The van der Waals surface area contributed by atoms with Crippen LogP contribution < -0.4 is 0 Å². The van der Waals surface area contributed by atoms with E-state index in [1.807, 2.05) is 13.8 Å². The Bertz CT molecular complexity index is 379. The van der Waals surface area contributed by atoms with Crippen LogP contribution in [0.3, 0.4) is 0 Å². The molecule has 0 unspecified atom stereocenters. The molecule has 0 aliphatic carbocycles. The average Bonchev–Trinajstić information content (AvgIpc) is 2.28. The van der Waals surface area contributed by atoms with E-state index in [0.29, 0.717) is 25.7 Å².